The third kappa shape index (κ3) is 9.28. The molecule has 2 N–H and O–H groups in total. The Kier molecular flexibility index (Phi) is 15.0. The second-order valence-corrected chi connectivity index (χ2v) is 7.70. The molecule has 0 saturated carbocycles. The molecule has 2 aromatic rings. The molecule has 0 fully saturated rings. The summed E-state index contributed by atoms with van der Waals surface area (Å²) in [5.74, 6) is 0. The van der Waals surface area contributed by atoms with Crippen molar-refractivity contribution >= 4 is 11.4 Å². The van der Waals surface area contributed by atoms with E-state index in [0.717, 1.165) is 26.2 Å². The molecule has 29 heavy (non-hydrogen) atoms. The first-order valence-electron chi connectivity index (χ1n) is 9.60. The van der Waals surface area contributed by atoms with Gasteiger partial charge in [-0.2, -0.15) is 0 Å². The van der Waals surface area contributed by atoms with Crippen LogP contribution < -0.4 is 35.4 Å². The summed E-state index contributed by atoms with van der Waals surface area (Å²) in [6.07, 6.45) is 0. The van der Waals surface area contributed by atoms with Crippen LogP contribution in [0.4, 0.5) is 11.4 Å². The van der Waals surface area contributed by atoms with Gasteiger partial charge < -0.3 is 40.3 Å². The minimum Gasteiger partial charge on any atom is -1.00 e. The number of hydrogen-bond donors (Lipinski definition) is 2. The first-order chi connectivity index (χ1) is 12.3. The van der Waals surface area contributed by atoms with Crippen molar-refractivity contribution in [2.24, 2.45) is 0 Å². The van der Waals surface area contributed by atoms with Gasteiger partial charge in [0.05, 0.1) is 0 Å². The van der Waals surface area contributed by atoms with Crippen LogP contribution in [0, 0.1) is 41.5 Å². The van der Waals surface area contributed by atoms with E-state index in [1.807, 2.05) is 0 Å². The Labute approximate surface area is 203 Å². The van der Waals surface area contributed by atoms with E-state index in [2.05, 4.69) is 88.4 Å². The second-order valence-electron chi connectivity index (χ2n) is 7.70. The smallest absolute Gasteiger partial charge is 0.0400 e. The van der Waals surface area contributed by atoms with Gasteiger partial charge >= 0.3 is 0 Å². The maximum Gasteiger partial charge on any atom is 0.0400 e. The van der Waals surface area contributed by atoms with Crippen molar-refractivity contribution in [3.8, 4) is 0 Å². The summed E-state index contributed by atoms with van der Waals surface area (Å²) in [6, 6.07) is 8.98. The van der Waals surface area contributed by atoms with E-state index >= 15 is 0 Å². The Balaban J connectivity index is 0. The van der Waals surface area contributed by atoms with E-state index in [1.54, 1.807) is 0 Å². The first kappa shape index (κ1) is 30.4. The van der Waals surface area contributed by atoms with Crippen LogP contribution in [-0.4, -0.2) is 38.1 Å². The van der Waals surface area contributed by atoms with Crippen LogP contribution >= 0.6 is 0 Å². The van der Waals surface area contributed by atoms with E-state index < -0.39 is 0 Å². The number of benzene rings is 2. The largest absolute Gasteiger partial charge is 1.00 e. The van der Waals surface area contributed by atoms with E-state index in [0.29, 0.717) is 0 Å². The van der Waals surface area contributed by atoms with Gasteiger partial charge in [-0.25, -0.2) is 0 Å². The molecule has 2 rings (SSSR count). The molecule has 3 nitrogen and oxygen atoms in total. The molecule has 2 aromatic carbocycles. The summed E-state index contributed by atoms with van der Waals surface area (Å²) in [5, 5.41) is 7.22. The van der Waals surface area contributed by atoms with Gasteiger partial charge in [-0.1, -0.05) is 35.4 Å². The number of aryl methyl sites for hydroxylation is 6. The summed E-state index contributed by atoms with van der Waals surface area (Å²) in [6.45, 7) is 17.0. The Morgan fingerprint density at radius 2 is 0.897 bits per heavy atom. The summed E-state index contributed by atoms with van der Waals surface area (Å²) in [7, 11) is 2.19. The number of rotatable bonds is 8. The average Bonchev–Trinajstić information content (AvgIpc) is 2.52. The molecule has 0 heterocycles. The zero-order chi connectivity index (χ0) is 19.3. The number of nitrogens with zero attached hydrogens (tertiary/aromatic N) is 1. The Morgan fingerprint density at radius 3 is 1.17 bits per heavy atom. The average molecular weight is 611 g/mol. The Morgan fingerprint density at radius 1 is 0.621 bits per heavy atom. The van der Waals surface area contributed by atoms with Gasteiger partial charge in [0.2, 0.25) is 0 Å². The summed E-state index contributed by atoms with van der Waals surface area (Å²) < 4.78 is 0. The zero-order valence-corrected chi connectivity index (χ0v) is 22.9. The molecule has 1 radical (unpaired) electrons. The molecule has 0 saturated heterocycles. The monoisotopic (exact) mass is 610 g/mol. The number of anilines is 2. The fourth-order valence-corrected chi connectivity index (χ4v) is 3.77. The van der Waals surface area contributed by atoms with Crippen molar-refractivity contribution < 1.29 is 45.2 Å². The molecular weight excluding hydrogens is 575 g/mol. The van der Waals surface area contributed by atoms with Crippen LogP contribution in [0.25, 0.3) is 0 Å². The molecule has 0 aliphatic carbocycles. The van der Waals surface area contributed by atoms with Crippen LogP contribution in [0.1, 0.15) is 33.4 Å². The number of nitrogens with one attached hydrogen (secondary N) is 2. The van der Waals surface area contributed by atoms with E-state index in [-0.39, 0.29) is 45.2 Å². The van der Waals surface area contributed by atoms with Gasteiger partial charge in [0, 0.05) is 58.0 Å². The molecule has 0 amide bonds. The number of halogens is 2. The molecule has 0 aliphatic rings. The van der Waals surface area contributed by atoms with Gasteiger partial charge in [0.25, 0.3) is 0 Å². The number of likely N-dealkylation sites (N-methyl/N-ethyl adjacent to an activating group) is 1. The topological polar surface area (TPSA) is 27.3 Å². The predicted octanol–water partition coefficient (Wildman–Crippen LogP) is -1.00. The molecule has 0 aromatic heterocycles. The van der Waals surface area contributed by atoms with Crippen molar-refractivity contribution in [3.63, 3.8) is 0 Å². The molecule has 0 aliphatic heterocycles. The van der Waals surface area contributed by atoms with Crippen LogP contribution in [0.15, 0.2) is 24.3 Å². The third-order valence-electron chi connectivity index (χ3n) is 4.94. The Bertz CT molecular complexity index is 656. The molecule has 165 valence electrons. The van der Waals surface area contributed by atoms with Crippen molar-refractivity contribution in [2.45, 2.75) is 41.5 Å². The molecule has 0 bridgehead atoms. The third-order valence-corrected chi connectivity index (χ3v) is 4.94. The van der Waals surface area contributed by atoms with Crippen LogP contribution in [0.2, 0.25) is 0 Å². The van der Waals surface area contributed by atoms with Crippen molar-refractivity contribution in [3.05, 3.63) is 57.6 Å². The van der Waals surface area contributed by atoms with E-state index in [4.69, 9.17) is 0 Å². The zero-order valence-electron chi connectivity index (χ0n) is 18.7. The SMILES string of the molecule is Cc1cc(C)c(NCCN(C)CCNc2c(C)cc(C)cc2C)c(C)c1.[Cl-].[Cl-].[Re]. The normalized spacial score (nSPS) is 9.93. The van der Waals surface area contributed by atoms with Crippen LogP contribution in [-0.2, 0) is 20.4 Å². The van der Waals surface area contributed by atoms with E-state index in [1.165, 1.54) is 44.8 Å². The van der Waals surface area contributed by atoms with Crippen LogP contribution in [0.5, 0.6) is 0 Å². The molecular formula is C23H35Cl2N3Re-2. The van der Waals surface area contributed by atoms with Crippen molar-refractivity contribution in [1.29, 1.82) is 0 Å². The quantitative estimate of drug-likeness (QED) is 0.402. The maximum atomic E-state index is 3.61. The summed E-state index contributed by atoms with van der Waals surface area (Å²) >= 11 is 0. The van der Waals surface area contributed by atoms with E-state index in [9.17, 15) is 0 Å². The Hall–Kier alpha value is -0.758. The first-order valence-corrected chi connectivity index (χ1v) is 9.60. The minimum atomic E-state index is 0. The molecule has 0 unspecified atom stereocenters. The van der Waals surface area contributed by atoms with Gasteiger partial charge in [-0.3, -0.25) is 0 Å². The van der Waals surface area contributed by atoms with Gasteiger partial charge in [0.15, 0.2) is 0 Å². The van der Waals surface area contributed by atoms with Crippen LogP contribution in [0.3, 0.4) is 0 Å². The number of hydrogen-bond acceptors (Lipinski definition) is 3. The van der Waals surface area contributed by atoms with Crippen molar-refractivity contribution in [2.75, 3.05) is 43.9 Å². The summed E-state index contributed by atoms with van der Waals surface area (Å²) in [4.78, 5) is 2.37. The minimum absolute atomic E-state index is 0. The van der Waals surface area contributed by atoms with Gasteiger partial charge in [-0.15, -0.1) is 0 Å². The van der Waals surface area contributed by atoms with Gasteiger partial charge in [0.1, 0.15) is 0 Å². The predicted molar refractivity (Wildman–Crippen MR) is 116 cm³/mol. The molecule has 0 atom stereocenters. The molecule has 0 spiro atoms. The second kappa shape index (κ2) is 14.3. The fourth-order valence-electron chi connectivity index (χ4n) is 3.77. The van der Waals surface area contributed by atoms with Gasteiger partial charge in [-0.05, 0) is 70.8 Å². The fraction of sp³-hybridized carbons (Fsp3) is 0.478. The molecule has 6 heteroatoms. The maximum absolute atomic E-state index is 3.61. The van der Waals surface area contributed by atoms with Crippen molar-refractivity contribution in [1.82, 2.24) is 4.90 Å². The summed E-state index contributed by atoms with van der Waals surface area (Å²) in [5.41, 5.74) is 10.6. The standard InChI is InChI=1S/C23H35N3.2ClH.Re/c1-16-12-18(3)22(19(4)13-16)24-8-10-26(7)11-9-25-23-20(5)14-17(2)15-21(23)6;;;/h12-15,24-25H,8-11H2,1-7H3;2*1H;/p-2.